The van der Waals surface area contributed by atoms with Crippen LogP contribution in [0.1, 0.15) is 37.7 Å². The fraction of sp³-hybridized carbons (Fsp3) is 0.500. The quantitative estimate of drug-likeness (QED) is 0.634. The SMILES string of the molecule is Cc1ccc(OCC(=O)NC(=O)NC2CCCCC2)c([N+](=O)[O-])c1. The third-order valence-corrected chi connectivity index (χ3v) is 3.86. The summed E-state index contributed by atoms with van der Waals surface area (Å²) in [6.45, 7) is 1.25. The first-order valence-corrected chi connectivity index (χ1v) is 7.94. The number of nitro groups is 1. The van der Waals surface area contributed by atoms with E-state index in [1.807, 2.05) is 0 Å². The van der Waals surface area contributed by atoms with Gasteiger partial charge in [0.05, 0.1) is 4.92 Å². The van der Waals surface area contributed by atoms with Gasteiger partial charge in [-0.1, -0.05) is 25.3 Å². The lowest BCUT2D eigenvalue weighted by molar-refractivity contribution is -0.385. The molecule has 0 unspecified atom stereocenters. The highest BCUT2D eigenvalue weighted by Crippen LogP contribution is 2.27. The number of rotatable bonds is 5. The number of ether oxygens (including phenoxy) is 1. The molecule has 0 aromatic heterocycles. The molecule has 0 heterocycles. The van der Waals surface area contributed by atoms with Crippen LogP contribution in [0.25, 0.3) is 0 Å². The van der Waals surface area contributed by atoms with Crippen LogP contribution in [0.5, 0.6) is 5.75 Å². The lowest BCUT2D eigenvalue weighted by Gasteiger charge is -2.22. The molecular formula is C16H21N3O5. The van der Waals surface area contributed by atoms with Crippen LogP contribution in [0.3, 0.4) is 0 Å². The number of hydrogen-bond acceptors (Lipinski definition) is 5. The van der Waals surface area contributed by atoms with Gasteiger partial charge in [-0.3, -0.25) is 20.2 Å². The van der Waals surface area contributed by atoms with Crippen LogP contribution in [-0.2, 0) is 4.79 Å². The predicted octanol–water partition coefficient (Wildman–Crippen LogP) is 2.44. The number of imide groups is 1. The van der Waals surface area contributed by atoms with E-state index in [1.165, 1.54) is 18.6 Å². The predicted molar refractivity (Wildman–Crippen MR) is 86.9 cm³/mol. The molecule has 1 fully saturated rings. The van der Waals surface area contributed by atoms with Gasteiger partial charge in [0, 0.05) is 12.1 Å². The van der Waals surface area contributed by atoms with Crippen molar-refractivity contribution >= 4 is 17.6 Å². The number of nitrogens with zero attached hydrogens (tertiary/aromatic N) is 1. The Labute approximate surface area is 139 Å². The number of carbonyl (C=O) groups is 2. The van der Waals surface area contributed by atoms with Gasteiger partial charge >= 0.3 is 11.7 Å². The zero-order valence-corrected chi connectivity index (χ0v) is 13.5. The summed E-state index contributed by atoms with van der Waals surface area (Å²) < 4.78 is 5.17. The Morgan fingerprint density at radius 1 is 1.29 bits per heavy atom. The molecule has 2 rings (SSSR count). The average Bonchev–Trinajstić information content (AvgIpc) is 2.54. The molecule has 130 valence electrons. The molecule has 1 aromatic carbocycles. The first kappa shape index (κ1) is 17.7. The molecule has 24 heavy (non-hydrogen) atoms. The van der Waals surface area contributed by atoms with Gasteiger partial charge in [0.25, 0.3) is 5.91 Å². The van der Waals surface area contributed by atoms with Gasteiger partial charge in [0.1, 0.15) is 0 Å². The van der Waals surface area contributed by atoms with E-state index in [2.05, 4.69) is 10.6 Å². The number of hydrogen-bond donors (Lipinski definition) is 2. The van der Waals surface area contributed by atoms with Crippen molar-refractivity contribution in [3.8, 4) is 5.75 Å². The van der Waals surface area contributed by atoms with E-state index in [-0.39, 0.29) is 17.5 Å². The van der Waals surface area contributed by atoms with Gasteiger partial charge in [-0.05, 0) is 31.4 Å². The fourth-order valence-corrected chi connectivity index (χ4v) is 2.67. The molecule has 0 bridgehead atoms. The van der Waals surface area contributed by atoms with Crippen molar-refractivity contribution in [2.24, 2.45) is 0 Å². The maximum Gasteiger partial charge on any atom is 0.321 e. The van der Waals surface area contributed by atoms with Crippen LogP contribution in [0, 0.1) is 17.0 Å². The van der Waals surface area contributed by atoms with E-state index < -0.39 is 23.5 Å². The second-order valence-electron chi connectivity index (χ2n) is 5.87. The molecule has 0 atom stereocenters. The minimum atomic E-state index is -0.654. The zero-order chi connectivity index (χ0) is 17.5. The summed E-state index contributed by atoms with van der Waals surface area (Å²) in [5.41, 5.74) is 0.500. The highest BCUT2D eigenvalue weighted by Gasteiger charge is 2.19. The number of nitro benzene ring substituents is 1. The van der Waals surface area contributed by atoms with Gasteiger partial charge in [-0.15, -0.1) is 0 Å². The number of carbonyl (C=O) groups excluding carboxylic acids is 2. The zero-order valence-electron chi connectivity index (χ0n) is 13.5. The van der Waals surface area contributed by atoms with Crippen molar-refractivity contribution in [3.63, 3.8) is 0 Å². The second-order valence-corrected chi connectivity index (χ2v) is 5.87. The van der Waals surface area contributed by atoms with Gasteiger partial charge in [0.2, 0.25) is 0 Å². The molecule has 8 heteroatoms. The molecule has 1 saturated carbocycles. The number of urea groups is 1. The van der Waals surface area contributed by atoms with Gasteiger partial charge in [0.15, 0.2) is 12.4 Å². The highest BCUT2D eigenvalue weighted by atomic mass is 16.6. The average molecular weight is 335 g/mol. The molecule has 0 radical (unpaired) electrons. The van der Waals surface area contributed by atoms with Crippen molar-refractivity contribution < 1.29 is 19.2 Å². The van der Waals surface area contributed by atoms with Gasteiger partial charge < -0.3 is 10.1 Å². The molecule has 3 amide bonds. The highest BCUT2D eigenvalue weighted by molar-refractivity contribution is 5.95. The number of nitrogens with one attached hydrogen (secondary N) is 2. The third kappa shape index (κ3) is 5.22. The summed E-state index contributed by atoms with van der Waals surface area (Å²) in [7, 11) is 0. The molecular weight excluding hydrogens is 314 g/mol. The largest absolute Gasteiger partial charge is 0.477 e. The summed E-state index contributed by atoms with van der Waals surface area (Å²) in [6, 6.07) is 3.97. The lowest BCUT2D eigenvalue weighted by atomic mass is 9.96. The van der Waals surface area contributed by atoms with Crippen LogP contribution in [0.15, 0.2) is 18.2 Å². The number of benzene rings is 1. The Morgan fingerprint density at radius 2 is 2.00 bits per heavy atom. The van der Waals surface area contributed by atoms with Gasteiger partial charge in [-0.2, -0.15) is 0 Å². The minimum Gasteiger partial charge on any atom is -0.477 e. The lowest BCUT2D eigenvalue weighted by Crippen LogP contribution is -2.46. The van der Waals surface area contributed by atoms with Crippen molar-refractivity contribution in [2.75, 3.05) is 6.61 Å². The first-order chi connectivity index (χ1) is 11.5. The van der Waals surface area contributed by atoms with E-state index in [9.17, 15) is 19.7 Å². The third-order valence-electron chi connectivity index (χ3n) is 3.86. The summed E-state index contributed by atoms with van der Waals surface area (Å²) >= 11 is 0. The van der Waals surface area contributed by atoms with E-state index in [0.717, 1.165) is 25.7 Å². The van der Waals surface area contributed by atoms with Crippen LogP contribution < -0.4 is 15.4 Å². The van der Waals surface area contributed by atoms with Crippen LogP contribution >= 0.6 is 0 Å². The topological polar surface area (TPSA) is 111 Å². The fourth-order valence-electron chi connectivity index (χ4n) is 2.67. The molecule has 2 N–H and O–H groups in total. The summed E-state index contributed by atoms with van der Waals surface area (Å²) in [6.07, 6.45) is 5.13. The van der Waals surface area contributed by atoms with Crippen molar-refractivity contribution in [1.29, 1.82) is 0 Å². The molecule has 8 nitrogen and oxygen atoms in total. The Balaban J connectivity index is 1.82. The molecule has 0 spiro atoms. The first-order valence-electron chi connectivity index (χ1n) is 7.94. The normalized spacial score (nSPS) is 14.7. The summed E-state index contributed by atoms with van der Waals surface area (Å²) in [5.74, 6) is -0.661. The number of aryl methyl sites for hydroxylation is 1. The van der Waals surface area contributed by atoms with Crippen LogP contribution in [0.4, 0.5) is 10.5 Å². The molecule has 1 aliphatic rings. The maximum atomic E-state index is 11.7. The second kappa shape index (κ2) is 8.28. The summed E-state index contributed by atoms with van der Waals surface area (Å²) in [5, 5.41) is 15.9. The number of amides is 3. The summed E-state index contributed by atoms with van der Waals surface area (Å²) in [4.78, 5) is 33.9. The Kier molecular flexibility index (Phi) is 6.11. The molecule has 1 aromatic rings. The van der Waals surface area contributed by atoms with Crippen LogP contribution in [0.2, 0.25) is 0 Å². The van der Waals surface area contributed by atoms with E-state index in [0.29, 0.717) is 5.56 Å². The monoisotopic (exact) mass is 335 g/mol. The molecule has 1 aliphatic carbocycles. The Hall–Kier alpha value is -2.64. The standard InChI is InChI=1S/C16H21N3O5/c1-11-7-8-14(13(9-11)19(22)23)24-10-15(20)18-16(21)17-12-5-3-2-4-6-12/h7-9,12H,2-6,10H2,1H3,(H2,17,18,20,21). The van der Waals surface area contributed by atoms with Crippen molar-refractivity contribution in [2.45, 2.75) is 45.1 Å². The Morgan fingerprint density at radius 3 is 2.67 bits per heavy atom. The van der Waals surface area contributed by atoms with Crippen molar-refractivity contribution in [1.82, 2.24) is 10.6 Å². The van der Waals surface area contributed by atoms with Gasteiger partial charge in [-0.25, -0.2) is 4.79 Å². The van der Waals surface area contributed by atoms with E-state index in [1.54, 1.807) is 13.0 Å². The Bertz CT molecular complexity index is 626. The molecule has 0 saturated heterocycles. The maximum absolute atomic E-state index is 11.7. The minimum absolute atomic E-state index is 0.00608. The van der Waals surface area contributed by atoms with Crippen LogP contribution in [-0.4, -0.2) is 29.5 Å². The smallest absolute Gasteiger partial charge is 0.321 e. The van der Waals surface area contributed by atoms with Crippen molar-refractivity contribution in [3.05, 3.63) is 33.9 Å². The van der Waals surface area contributed by atoms with E-state index in [4.69, 9.17) is 4.74 Å². The molecule has 0 aliphatic heterocycles. The van der Waals surface area contributed by atoms with E-state index >= 15 is 0 Å².